The number of nitrogens with zero attached hydrogens (tertiary/aromatic N) is 2. The fraction of sp³-hybridized carbons (Fsp3) is 0.583. The number of benzene rings is 1. The lowest BCUT2D eigenvalue weighted by molar-refractivity contribution is -0.136. The minimum atomic E-state index is -0.793. The minimum Gasteiger partial charge on any atom is -0.480 e. The Morgan fingerprint density at radius 3 is 2.50 bits per heavy atom. The molecule has 2 aromatic rings. The second-order valence-electron chi connectivity index (χ2n) is 10.1. The SMILES string of the molecule is CC1(C)CCC(C)(C)c2cc(-c3csc(N4CCC(NCC(=O)O)CC4)n3)ccc21. The smallest absolute Gasteiger partial charge is 0.317 e. The topological polar surface area (TPSA) is 65.5 Å². The molecule has 1 aromatic heterocycles. The van der Waals surface area contributed by atoms with E-state index in [0.717, 1.165) is 36.8 Å². The van der Waals surface area contributed by atoms with Crippen LogP contribution in [0.15, 0.2) is 23.6 Å². The molecule has 0 bridgehead atoms. The Bertz CT molecular complexity index is 926. The number of carbonyl (C=O) groups is 1. The van der Waals surface area contributed by atoms with E-state index >= 15 is 0 Å². The number of thiazole rings is 1. The second-order valence-corrected chi connectivity index (χ2v) is 10.9. The van der Waals surface area contributed by atoms with E-state index in [1.807, 2.05) is 0 Å². The van der Waals surface area contributed by atoms with Gasteiger partial charge in [0.15, 0.2) is 5.13 Å². The minimum absolute atomic E-state index is 0.0392. The number of piperidine rings is 1. The Balaban J connectivity index is 1.49. The first-order chi connectivity index (χ1) is 14.2. The number of hydrogen-bond donors (Lipinski definition) is 2. The van der Waals surface area contributed by atoms with Gasteiger partial charge in [0.05, 0.1) is 12.2 Å². The highest BCUT2D eigenvalue weighted by atomic mass is 32.1. The molecule has 2 aliphatic rings. The number of carboxylic acids is 1. The van der Waals surface area contributed by atoms with Crippen molar-refractivity contribution in [2.45, 2.75) is 70.3 Å². The van der Waals surface area contributed by atoms with Gasteiger partial charge in [-0.1, -0.05) is 39.8 Å². The Morgan fingerprint density at radius 1 is 1.17 bits per heavy atom. The van der Waals surface area contributed by atoms with Crippen LogP contribution < -0.4 is 10.2 Å². The molecule has 0 atom stereocenters. The summed E-state index contributed by atoms with van der Waals surface area (Å²) in [5.41, 5.74) is 5.65. The third-order valence-corrected chi connectivity index (χ3v) is 7.85. The molecular weight excluding hydrogens is 394 g/mol. The van der Waals surface area contributed by atoms with Crippen LogP contribution in [0.2, 0.25) is 0 Å². The van der Waals surface area contributed by atoms with Gasteiger partial charge in [-0.05, 0) is 53.7 Å². The second kappa shape index (κ2) is 7.97. The highest BCUT2D eigenvalue weighted by Gasteiger charge is 2.37. The summed E-state index contributed by atoms with van der Waals surface area (Å²) in [6.45, 7) is 11.3. The molecule has 1 aliphatic carbocycles. The lowest BCUT2D eigenvalue weighted by Crippen LogP contribution is -2.44. The van der Waals surface area contributed by atoms with Gasteiger partial charge < -0.3 is 15.3 Å². The number of fused-ring (bicyclic) bond motifs is 1. The Morgan fingerprint density at radius 2 is 1.83 bits per heavy atom. The monoisotopic (exact) mass is 427 g/mol. The molecule has 0 radical (unpaired) electrons. The molecule has 2 heterocycles. The van der Waals surface area contributed by atoms with Crippen molar-refractivity contribution in [1.82, 2.24) is 10.3 Å². The Labute approximate surface area is 183 Å². The van der Waals surface area contributed by atoms with Gasteiger partial charge in [-0.15, -0.1) is 11.3 Å². The molecule has 6 heteroatoms. The first-order valence-electron chi connectivity index (χ1n) is 11.0. The molecule has 1 saturated heterocycles. The van der Waals surface area contributed by atoms with Crippen molar-refractivity contribution in [1.29, 1.82) is 0 Å². The number of carboxylic acid groups (broad SMARTS) is 1. The van der Waals surface area contributed by atoms with Crippen LogP contribution in [0, 0.1) is 0 Å². The molecule has 0 unspecified atom stereocenters. The van der Waals surface area contributed by atoms with Gasteiger partial charge in [-0.3, -0.25) is 4.79 Å². The molecule has 2 N–H and O–H groups in total. The average molecular weight is 428 g/mol. The van der Waals surface area contributed by atoms with Gasteiger partial charge in [-0.25, -0.2) is 4.98 Å². The molecule has 162 valence electrons. The zero-order chi connectivity index (χ0) is 21.5. The van der Waals surface area contributed by atoms with Crippen LogP contribution in [0.25, 0.3) is 11.3 Å². The van der Waals surface area contributed by atoms with Crippen LogP contribution in [0.1, 0.15) is 64.5 Å². The number of rotatable bonds is 5. The van der Waals surface area contributed by atoms with Crippen LogP contribution in [0.3, 0.4) is 0 Å². The molecule has 4 rings (SSSR count). The van der Waals surface area contributed by atoms with E-state index in [1.165, 1.54) is 29.5 Å². The molecule has 1 fully saturated rings. The summed E-state index contributed by atoms with van der Waals surface area (Å²) in [6, 6.07) is 7.22. The van der Waals surface area contributed by atoms with Crippen LogP contribution in [-0.2, 0) is 15.6 Å². The van der Waals surface area contributed by atoms with Crippen LogP contribution in [0.4, 0.5) is 5.13 Å². The van der Waals surface area contributed by atoms with Crippen molar-refractivity contribution in [3.8, 4) is 11.3 Å². The van der Waals surface area contributed by atoms with Gasteiger partial charge >= 0.3 is 5.97 Å². The summed E-state index contributed by atoms with van der Waals surface area (Å²) in [7, 11) is 0. The van der Waals surface area contributed by atoms with E-state index in [-0.39, 0.29) is 23.4 Å². The molecule has 0 amide bonds. The predicted molar refractivity (Wildman–Crippen MR) is 124 cm³/mol. The van der Waals surface area contributed by atoms with Crippen LogP contribution in [0.5, 0.6) is 0 Å². The van der Waals surface area contributed by atoms with Crippen molar-refractivity contribution in [3.05, 3.63) is 34.7 Å². The number of aliphatic carboxylic acids is 1. The highest BCUT2D eigenvalue weighted by Crippen LogP contribution is 2.46. The van der Waals surface area contributed by atoms with Gasteiger partial charge in [-0.2, -0.15) is 0 Å². The van der Waals surface area contributed by atoms with Crippen molar-refractivity contribution in [3.63, 3.8) is 0 Å². The van der Waals surface area contributed by atoms with Crippen molar-refractivity contribution in [2.24, 2.45) is 0 Å². The van der Waals surface area contributed by atoms with Gasteiger partial charge in [0.1, 0.15) is 0 Å². The molecule has 0 saturated carbocycles. The maximum absolute atomic E-state index is 10.7. The van der Waals surface area contributed by atoms with Crippen molar-refractivity contribution < 1.29 is 9.90 Å². The summed E-state index contributed by atoms with van der Waals surface area (Å²) in [4.78, 5) is 18.0. The van der Waals surface area contributed by atoms with E-state index in [9.17, 15) is 4.79 Å². The van der Waals surface area contributed by atoms with Crippen LogP contribution in [-0.4, -0.2) is 41.7 Å². The molecule has 30 heavy (non-hydrogen) atoms. The van der Waals surface area contributed by atoms with Gasteiger partial charge in [0, 0.05) is 30.1 Å². The van der Waals surface area contributed by atoms with E-state index in [1.54, 1.807) is 11.3 Å². The summed E-state index contributed by atoms with van der Waals surface area (Å²) in [6.07, 6.45) is 4.34. The van der Waals surface area contributed by atoms with E-state index in [2.05, 4.69) is 61.5 Å². The number of nitrogens with one attached hydrogen (secondary N) is 1. The summed E-state index contributed by atoms with van der Waals surface area (Å²) >= 11 is 1.71. The normalized spacial score (nSPS) is 20.7. The lowest BCUT2D eigenvalue weighted by Gasteiger charge is -2.42. The third-order valence-electron chi connectivity index (χ3n) is 6.95. The maximum Gasteiger partial charge on any atom is 0.317 e. The summed E-state index contributed by atoms with van der Waals surface area (Å²) in [5, 5.41) is 15.2. The first kappa shape index (κ1) is 21.3. The van der Waals surface area contributed by atoms with E-state index in [4.69, 9.17) is 10.1 Å². The molecule has 5 nitrogen and oxygen atoms in total. The van der Waals surface area contributed by atoms with Crippen molar-refractivity contribution in [2.75, 3.05) is 24.5 Å². The molecule has 1 aromatic carbocycles. The summed E-state index contributed by atoms with van der Waals surface area (Å²) < 4.78 is 0. The number of anilines is 1. The average Bonchev–Trinajstić information content (AvgIpc) is 3.20. The van der Waals surface area contributed by atoms with Gasteiger partial charge in [0.25, 0.3) is 0 Å². The van der Waals surface area contributed by atoms with Crippen molar-refractivity contribution >= 4 is 22.4 Å². The summed E-state index contributed by atoms with van der Waals surface area (Å²) in [5.74, 6) is -0.793. The van der Waals surface area contributed by atoms with Gasteiger partial charge in [0.2, 0.25) is 0 Å². The molecule has 1 aliphatic heterocycles. The highest BCUT2D eigenvalue weighted by molar-refractivity contribution is 7.14. The van der Waals surface area contributed by atoms with E-state index in [0.29, 0.717) is 0 Å². The largest absolute Gasteiger partial charge is 0.480 e. The molecular formula is C24H33N3O2S. The zero-order valence-corrected chi connectivity index (χ0v) is 19.3. The third kappa shape index (κ3) is 4.26. The Kier molecular flexibility index (Phi) is 5.66. The van der Waals surface area contributed by atoms with E-state index < -0.39 is 5.97 Å². The Hall–Kier alpha value is -1.92. The predicted octanol–water partition coefficient (Wildman–Crippen LogP) is 4.80. The number of hydrogen-bond acceptors (Lipinski definition) is 5. The standard InChI is InChI=1S/C24H33N3O2S/c1-23(2)9-10-24(3,4)19-13-16(5-6-18(19)23)20-15-30-22(26-20)27-11-7-17(8-12-27)25-14-21(28)29/h5-6,13,15,17,25H,7-12,14H2,1-4H3,(H,28,29). The first-order valence-corrected chi connectivity index (χ1v) is 11.8. The number of aromatic nitrogens is 1. The lowest BCUT2D eigenvalue weighted by atomic mass is 9.63. The fourth-order valence-electron chi connectivity index (χ4n) is 4.80. The fourth-order valence-corrected chi connectivity index (χ4v) is 5.69. The maximum atomic E-state index is 10.7. The molecule has 0 spiro atoms. The van der Waals surface area contributed by atoms with Crippen LogP contribution >= 0.6 is 11.3 Å². The zero-order valence-electron chi connectivity index (χ0n) is 18.5. The quantitative estimate of drug-likeness (QED) is 0.717.